The van der Waals surface area contributed by atoms with Crippen molar-refractivity contribution in [3.8, 4) is 11.1 Å². The largest absolute Gasteiger partial charge is 0.593 e. The van der Waals surface area contributed by atoms with E-state index in [1.54, 1.807) is 66.7 Å². The average molecular weight is 547 g/mol. The van der Waals surface area contributed by atoms with E-state index in [2.05, 4.69) is 4.72 Å². The lowest BCUT2D eigenvalue weighted by Crippen LogP contribution is -2.52. The Morgan fingerprint density at radius 1 is 1.06 bits per heavy atom. The zero-order valence-corrected chi connectivity index (χ0v) is 21.5. The lowest BCUT2D eigenvalue weighted by Gasteiger charge is -2.29. The third kappa shape index (κ3) is 5.14. The number of benzene rings is 3. The zero-order valence-electron chi connectivity index (χ0n) is 19.1. The predicted molar refractivity (Wildman–Crippen MR) is 137 cm³/mol. The fourth-order valence-electron chi connectivity index (χ4n) is 4.30. The van der Waals surface area contributed by atoms with Crippen molar-refractivity contribution in [2.75, 3.05) is 12.8 Å². The van der Waals surface area contributed by atoms with Crippen LogP contribution in [-0.2, 0) is 31.0 Å². The number of carbonyl (C=O) groups excluding carboxylic acids is 1. The number of sulfonamides is 1. The fourth-order valence-corrected chi connectivity index (χ4v) is 6.54. The molecular formula is C25H23ClN2O6S2. The molecule has 4 rings (SSSR count). The lowest BCUT2D eigenvalue weighted by atomic mass is 10.1. The summed E-state index contributed by atoms with van der Waals surface area (Å²) in [6.45, 7) is -0.795. The molecule has 1 aliphatic carbocycles. The first-order valence-electron chi connectivity index (χ1n) is 10.9. The number of carboxylic acid groups (broad SMARTS) is 1. The summed E-state index contributed by atoms with van der Waals surface area (Å²) in [6, 6.07) is 21.7. The Labute approximate surface area is 217 Å². The van der Waals surface area contributed by atoms with Crippen molar-refractivity contribution >= 4 is 44.9 Å². The molecule has 0 aromatic heterocycles. The van der Waals surface area contributed by atoms with Gasteiger partial charge in [-0.15, -0.1) is 0 Å². The van der Waals surface area contributed by atoms with Gasteiger partial charge in [-0.3, -0.25) is 9.59 Å². The third-order valence-electron chi connectivity index (χ3n) is 6.11. The SMILES string of the molecule is C[S+]([O-])NC(=O)CN(C1(C(=O)O)CC1c1ccccc1)S(=O)(=O)c1ccc(-c2ccc(Cl)cc2)cc1. The molecule has 1 amide bonds. The molecule has 3 aromatic rings. The van der Waals surface area contributed by atoms with Crippen molar-refractivity contribution in [3.63, 3.8) is 0 Å². The standard InChI is InChI=1S/C25H23ClN2O6S2/c1-35(32)27-23(29)16-28(25(24(30)31)15-22(25)19-5-3-2-4-6-19)36(33,34)21-13-9-18(10-14-21)17-7-11-20(26)12-8-17/h2-14,22H,15-16H2,1H3,(H,27,29)(H,30,31). The number of nitrogens with one attached hydrogen (secondary N) is 1. The highest BCUT2D eigenvalue weighted by Crippen LogP contribution is 2.57. The van der Waals surface area contributed by atoms with E-state index < -0.39 is 51.3 Å². The Balaban J connectivity index is 1.73. The van der Waals surface area contributed by atoms with Crippen molar-refractivity contribution in [2.45, 2.75) is 22.8 Å². The van der Waals surface area contributed by atoms with Crippen molar-refractivity contribution in [1.29, 1.82) is 0 Å². The number of amides is 1. The van der Waals surface area contributed by atoms with E-state index in [4.69, 9.17) is 11.6 Å². The van der Waals surface area contributed by atoms with Crippen LogP contribution in [0, 0.1) is 0 Å². The molecule has 0 bridgehead atoms. The van der Waals surface area contributed by atoms with Gasteiger partial charge >= 0.3 is 5.97 Å². The van der Waals surface area contributed by atoms with Gasteiger partial charge in [0.15, 0.2) is 0 Å². The van der Waals surface area contributed by atoms with Crippen LogP contribution in [-0.4, -0.2) is 52.6 Å². The summed E-state index contributed by atoms with van der Waals surface area (Å²) in [5.41, 5.74) is 0.343. The minimum Gasteiger partial charge on any atom is -0.593 e. The van der Waals surface area contributed by atoms with Crippen LogP contribution in [0.1, 0.15) is 17.9 Å². The van der Waals surface area contributed by atoms with Gasteiger partial charge in [-0.2, -0.15) is 9.03 Å². The molecule has 0 radical (unpaired) electrons. The van der Waals surface area contributed by atoms with Crippen LogP contribution in [0.15, 0.2) is 83.8 Å². The van der Waals surface area contributed by atoms with Crippen LogP contribution >= 0.6 is 11.6 Å². The first kappa shape index (κ1) is 26.2. The molecule has 3 aromatic carbocycles. The number of halogens is 1. The second-order valence-corrected chi connectivity index (χ2v) is 11.8. The van der Waals surface area contributed by atoms with Crippen LogP contribution in [0.3, 0.4) is 0 Å². The van der Waals surface area contributed by atoms with Gasteiger partial charge in [0.2, 0.25) is 10.0 Å². The molecule has 188 valence electrons. The number of hydrogen-bond acceptors (Lipinski definition) is 5. The Kier molecular flexibility index (Phi) is 7.44. The Morgan fingerprint density at radius 3 is 2.14 bits per heavy atom. The van der Waals surface area contributed by atoms with Crippen molar-refractivity contribution in [2.24, 2.45) is 0 Å². The Hall–Kier alpha value is -2.89. The third-order valence-corrected chi connectivity index (χ3v) is 8.78. The second kappa shape index (κ2) is 10.2. The predicted octanol–water partition coefficient (Wildman–Crippen LogP) is 3.42. The summed E-state index contributed by atoms with van der Waals surface area (Å²) in [5.74, 6) is -2.88. The highest BCUT2D eigenvalue weighted by molar-refractivity contribution is 7.89. The molecule has 1 aliphatic rings. The smallest absolute Gasteiger partial charge is 0.325 e. The molecule has 1 fully saturated rings. The maximum absolute atomic E-state index is 13.8. The summed E-state index contributed by atoms with van der Waals surface area (Å²) < 4.78 is 42.0. The van der Waals surface area contributed by atoms with E-state index in [-0.39, 0.29) is 11.3 Å². The number of hydrogen-bond donors (Lipinski definition) is 2. The van der Waals surface area contributed by atoms with E-state index >= 15 is 0 Å². The normalized spacial score (nSPS) is 20.1. The minimum atomic E-state index is -4.45. The Morgan fingerprint density at radius 2 is 1.61 bits per heavy atom. The fraction of sp³-hybridized carbons (Fsp3) is 0.200. The van der Waals surface area contributed by atoms with Crippen LogP contribution in [0.4, 0.5) is 0 Å². The van der Waals surface area contributed by atoms with Gasteiger partial charge in [-0.1, -0.05) is 66.2 Å². The molecule has 36 heavy (non-hydrogen) atoms. The van der Waals surface area contributed by atoms with E-state index in [1.165, 1.54) is 18.4 Å². The quantitative estimate of drug-likeness (QED) is 0.396. The maximum atomic E-state index is 13.8. The molecule has 0 spiro atoms. The summed E-state index contributed by atoms with van der Waals surface area (Å²) in [4.78, 5) is 24.9. The summed E-state index contributed by atoms with van der Waals surface area (Å²) >= 11 is 4.19. The van der Waals surface area contributed by atoms with Gasteiger partial charge < -0.3 is 9.66 Å². The van der Waals surface area contributed by atoms with Crippen LogP contribution in [0.25, 0.3) is 11.1 Å². The van der Waals surface area contributed by atoms with E-state index in [0.29, 0.717) is 10.6 Å². The number of carbonyl (C=O) groups is 2. The molecular weight excluding hydrogens is 524 g/mol. The monoisotopic (exact) mass is 546 g/mol. The number of rotatable bonds is 9. The molecule has 0 heterocycles. The second-order valence-electron chi connectivity index (χ2n) is 8.42. The zero-order chi connectivity index (χ0) is 26.1. The van der Waals surface area contributed by atoms with E-state index in [9.17, 15) is 27.7 Å². The van der Waals surface area contributed by atoms with Crippen LogP contribution in [0.5, 0.6) is 0 Å². The first-order chi connectivity index (χ1) is 17.1. The van der Waals surface area contributed by atoms with Gasteiger partial charge in [0.25, 0.3) is 5.91 Å². The number of aliphatic carboxylic acids is 1. The molecule has 11 heteroatoms. The topological polar surface area (TPSA) is 127 Å². The van der Waals surface area contributed by atoms with Gasteiger partial charge in [-0.25, -0.2) is 8.42 Å². The molecule has 8 nitrogen and oxygen atoms in total. The lowest BCUT2D eigenvalue weighted by molar-refractivity contribution is -0.143. The Bertz CT molecular complexity index is 1370. The van der Waals surface area contributed by atoms with Crippen molar-refractivity contribution < 1.29 is 27.7 Å². The molecule has 2 N–H and O–H groups in total. The number of carboxylic acids is 1. The average Bonchev–Trinajstić information content (AvgIpc) is 3.60. The van der Waals surface area contributed by atoms with Gasteiger partial charge in [0, 0.05) is 10.9 Å². The van der Waals surface area contributed by atoms with E-state index in [0.717, 1.165) is 15.4 Å². The molecule has 0 aliphatic heterocycles. The molecule has 3 atom stereocenters. The van der Waals surface area contributed by atoms with Crippen LogP contribution in [0.2, 0.25) is 5.02 Å². The maximum Gasteiger partial charge on any atom is 0.325 e. The van der Waals surface area contributed by atoms with Gasteiger partial charge in [-0.05, 0) is 47.4 Å². The highest BCUT2D eigenvalue weighted by atomic mass is 35.5. The van der Waals surface area contributed by atoms with Crippen molar-refractivity contribution in [1.82, 2.24) is 9.03 Å². The summed E-state index contributed by atoms with van der Waals surface area (Å²) in [5, 5.41) is 10.8. The molecule has 0 saturated heterocycles. The minimum absolute atomic E-state index is 0.00305. The van der Waals surface area contributed by atoms with Gasteiger partial charge in [0.1, 0.15) is 11.8 Å². The first-order valence-corrected chi connectivity index (χ1v) is 14.2. The molecule has 1 saturated carbocycles. The number of nitrogens with zero attached hydrogens (tertiary/aromatic N) is 1. The van der Waals surface area contributed by atoms with E-state index in [1.807, 2.05) is 0 Å². The van der Waals surface area contributed by atoms with Crippen molar-refractivity contribution in [3.05, 3.63) is 89.4 Å². The summed E-state index contributed by atoms with van der Waals surface area (Å²) in [6.07, 6.45) is 1.22. The van der Waals surface area contributed by atoms with Gasteiger partial charge in [0.05, 0.1) is 22.8 Å². The summed E-state index contributed by atoms with van der Waals surface area (Å²) in [7, 11) is -4.45. The highest BCUT2D eigenvalue weighted by Gasteiger charge is 2.68. The van der Waals surface area contributed by atoms with Crippen LogP contribution < -0.4 is 4.72 Å². The molecule has 3 unspecified atom stereocenters.